The van der Waals surface area contributed by atoms with Gasteiger partial charge in [0.15, 0.2) is 0 Å². The summed E-state index contributed by atoms with van der Waals surface area (Å²) in [6, 6.07) is 4.66. The molecule has 0 heterocycles. The van der Waals surface area contributed by atoms with Crippen LogP contribution in [-0.2, 0) is 11.3 Å². The number of aliphatic hydroxyl groups is 2. The van der Waals surface area contributed by atoms with Crippen LogP contribution in [0.15, 0.2) is 35.8 Å². The highest BCUT2D eigenvalue weighted by atomic mass is 19.1. The number of hydrogen-bond donors (Lipinski definition) is 3. The summed E-state index contributed by atoms with van der Waals surface area (Å²) in [5.41, 5.74) is -0.0776. The molecule has 0 aromatic heterocycles. The van der Waals surface area contributed by atoms with E-state index >= 15 is 0 Å². The molecule has 0 saturated carbocycles. The van der Waals surface area contributed by atoms with Crippen LogP contribution < -0.4 is 5.32 Å². The molecule has 0 unspecified atom stereocenters. The first-order chi connectivity index (χ1) is 11.9. The number of nitrogens with one attached hydrogen (secondary N) is 1. The molecule has 144 valence electrons. The van der Waals surface area contributed by atoms with E-state index in [1.807, 2.05) is 0 Å². The van der Waals surface area contributed by atoms with E-state index in [2.05, 4.69) is 5.32 Å². The minimum absolute atomic E-state index is 0.0325. The molecule has 1 aromatic rings. The molecule has 1 rings (SSSR count). The van der Waals surface area contributed by atoms with E-state index in [1.165, 1.54) is 25.1 Å². The number of aliphatic hydroxyl groups excluding tert-OH is 2. The average molecular weight is 365 g/mol. The number of hydrogen-bond acceptors (Lipinski definition) is 4. The molecule has 6 heteroatoms. The molecule has 0 bridgehead atoms. The molecule has 1 amide bonds. The summed E-state index contributed by atoms with van der Waals surface area (Å²) in [6.07, 6.45) is 0.706. The molecule has 0 aliphatic heterocycles. The minimum atomic E-state index is -0.645. The second-order valence-corrected chi connectivity index (χ2v) is 7.36. The van der Waals surface area contributed by atoms with Crippen LogP contribution >= 0.6 is 0 Å². The lowest BCUT2D eigenvalue weighted by atomic mass is 9.98. The number of allylic oxidation sites excluding steroid dienone is 4. The van der Waals surface area contributed by atoms with Gasteiger partial charge in [0, 0.05) is 29.2 Å². The second-order valence-electron chi connectivity index (χ2n) is 7.36. The van der Waals surface area contributed by atoms with Gasteiger partial charge in [0.1, 0.15) is 11.4 Å². The zero-order valence-electron chi connectivity index (χ0n) is 16.2. The van der Waals surface area contributed by atoms with E-state index in [-0.39, 0.29) is 40.7 Å². The van der Waals surface area contributed by atoms with Crippen molar-refractivity contribution in [3.8, 4) is 0 Å². The summed E-state index contributed by atoms with van der Waals surface area (Å²) >= 11 is 0. The van der Waals surface area contributed by atoms with E-state index in [0.29, 0.717) is 0 Å². The van der Waals surface area contributed by atoms with Crippen LogP contribution in [0.5, 0.6) is 0 Å². The Morgan fingerprint density at radius 3 is 2.42 bits per heavy atom. The van der Waals surface area contributed by atoms with Crippen molar-refractivity contribution in [2.45, 2.75) is 53.7 Å². The Morgan fingerprint density at radius 1 is 1.31 bits per heavy atom. The van der Waals surface area contributed by atoms with Crippen LogP contribution in [0.2, 0.25) is 0 Å². The average Bonchev–Trinajstić information content (AvgIpc) is 2.49. The minimum Gasteiger partial charge on any atom is -0.512 e. The Kier molecular flexibility index (Phi) is 7.24. The van der Waals surface area contributed by atoms with Gasteiger partial charge in [-0.15, -0.1) is 0 Å². The number of halogens is 1. The van der Waals surface area contributed by atoms with Gasteiger partial charge in [-0.05, 0) is 33.8 Å². The Morgan fingerprint density at radius 2 is 1.92 bits per heavy atom. The molecule has 1 aromatic carbocycles. The number of rotatable bonds is 5. The largest absolute Gasteiger partial charge is 0.512 e. The maximum atomic E-state index is 14.9. The third kappa shape index (κ3) is 6.43. The fourth-order valence-electron chi connectivity index (χ4n) is 2.10. The summed E-state index contributed by atoms with van der Waals surface area (Å²) in [7, 11) is 0. The van der Waals surface area contributed by atoms with Gasteiger partial charge in [-0.3, -0.25) is 0 Å². The molecule has 0 radical (unpaired) electrons. The lowest BCUT2D eigenvalue weighted by molar-refractivity contribution is 0.0523. The second kappa shape index (κ2) is 8.74. The summed E-state index contributed by atoms with van der Waals surface area (Å²) in [5.74, 6) is -0.831. The number of ether oxygens (including phenoxy) is 1. The highest BCUT2D eigenvalue weighted by Gasteiger charge is 2.18. The van der Waals surface area contributed by atoms with Gasteiger partial charge in [0.25, 0.3) is 0 Å². The Labute approximate surface area is 154 Å². The van der Waals surface area contributed by atoms with Crippen LogP contribution in [0.25, 0.3) is 5.57 Å². The number of amides is 1. The monoisotopic (exact) mass is 365 g/mol. The van der Waals surface area contributed by atoms with Crippen LogP contribution in [0.1, 0.15) is 52.7 Å². The van der Waals surface area contributed by atoms with Crippen LogP contribution in [0.4, 0.5) is 9.18 Å². The third-order valence-electron chi connectivity index (χ3n) is 3.46. The fourth-order valence-corrected chi connectivity index (χ4v) is 2.10. The maximum absolute atomic E-state index is 14.9. The lowest BCUT2D eigenvalue weighted by Gasteiger charge is -2.20. The van der Waals surface area contributed by atoms with Crippen LogP contribution in [0, 0.1) is 11.7 Å². The van der Waals surface area contributed by atoms with Crippen molar-refractivity contribution in [2.24, 2.45) is 5.92 Å². The van der Waals surface area contributed by atoms with E-state index in [0.717, 1.165) is 0 Å². The van der Waals surface area contributed by atoms with E-state index < -0.39 is 17.5 Å². The summed E-state index contributed by atoms with van der Waals surface area (Å²) in [5, 5.41) is 22.4. The Bertz CT molecular complexity index is 711. The van der Waals surface area contributed by atoms with Crippen LogP contribution in [0.3, 0.4) is 0 Å². The smallest absolute Gasteiger partial charge is 0.407 e. The molecule has 26 heavy (non-hydrogen) atoms. The number of benzene rings is 1. The first-order valence-electron chi connectivity index (χ1n) is 8.47. The van der Waals surface area contributed by atoms with E-state index in [9.17, 15) is 19.4 Å². The van der Waals surface area contributed by atoms with Gasteiger partial charge in [0.2, 0.25) is 0 Å². The topological polar surface area (TPSA) is 78.8 Å². The zero-order chi connectivity index (χ0) is 20.1. The Balaban J connectivity index is 3.10. The van der Waals surface area contributed by atoms with Gasteiger partial charge in [-0.1, -0.05) is 32.0 Å². The zero-order valence-corrected chi connectivity index (χ0v) is 16.2. The molecule has 0 atom stereocenters. The molecule has 0 saturated heterocycles. The van der Waals surface area contributed by atoms with Gasteiger partial charge in [0.05, 0.1) is 11.5 Å². The van der Waals surface area contributed by atoms with E-state index in [4.69, 9.17) is 4.74 Å². The van der Waals surface area contributed by atoms with Crippen molar-refractivity contribution in [1.29, 1.82) is 0 Å². The molecular weight excluding hydrogens is 337 g/mol. The number of alkyl carbamates (subject to hydrolysis) is 1. The standard InChI is InChI=1S/C20H28FNO4/c1-12(2)17(24)10-16(13(3)23)15-9-7-8-14(18(15)21)11-22-19(25)26-20(4,5)6/h7-10,12,23-24H,11H2,1-6H3,(H,22,25)/b16-13-,17-10+. The Hall–Kier alpha value is -2.50. The molecule has 0 spiro atoms. The first-order valence-corrected chi connectivity index (χ1v) is 8.47. The molecule has 5 nitrogen and oxygen atoms in total. The summed E-state index contributed by atoms with van der Waals surface area (Å²) < 4.78 is 20.0. The molecule has 0 aliphatic carbocycles. The molecular formula is C20H28FNO4. The van der Waals surface area contributed by atoms with Crippen molar-refractivity contribution < 1.29 is 24.1 Å². The summed E-state index contributed by atoms with van der Waals surface area (Å²) in [6.45, 7) is 10.1. The quantitative estimate of drug-likeness (QED) is 0.493. The van der Waals surface area contributed by atoms with Crippen molar-refractivity contribution in [1.82, 2.24) is 5.32 Å². The number of carbonyl (C=O) groups excluding carboxylic acids is 1. The summed E-state index contributed by atoms with van der Waals surface area (Å²) in [4.78, 5) is 11.7. The maximum Gasteiger partial charge on any atom is 0.407 e. The van der Waals surface area contributed by atoms with Crippen molar-refractivity contribution in [3.63, 3.8) is 0 Å². The fraction of sp³-hybridized carbons (Fsp3) is 0.450. The van der Waals surface area contributed by atoms with Crippen molar-refractivity contribution >= 4 is 11.7 Å². The highest BCUT2D eigenvalue weighted by molar-refractivity contribution is 5.76. The predicted molar refractivity (Wildman–Crippen MR) is 100 cm³/mol. The van der Waals surface area contributed by atoms with Gasteiger partial charge in [-0.2, -0.15) is 0 Å². The van der Waals surface area contributed by atoms with Gasteiger partial charge in [-0.25, -0.2) is 9.18 Å². The van der Waals surface area contributed by atoms with Crippen LogP contribution in [-0.4, -0.2) is 21.9 Å². The van der Waals surface area contributed by atoms with Crippen molar-refractivity contribution in [2.75, 3.05) is 0 Å². The van der Waals surface area contributed by atoms with Crippen molar-refractivity contribution in [3.05, 3.63) is 52.7 Å². The van der Waals surface area contributed by atoms with Gasteiger partial charge >= 0.3 is 6.09 Å². The highest BCUT2D eigenvalue weighted by Crippen LogP contribution is 2.26. The first kappa shape index (κ1) is 21.5. The molecule has 0 fully saturated rings. The molecule has 0 aliphatic rings. The molecule has 3 N–H and O–H groups in total. The lowest BCUT2D eigenvalue weighted by Crippen LogP contribution is -2.32. The van der Waals surface area contributed by atoms with Gasteiger partial charge < -0.3 is 20.3 Å². The SMILES string of the molecule is C/C(O)=C(\C=C(\O)C(C)C)c1cccc(CNC(=O)OC(C)(C)C)c1F. The van der Waals surface area contributed by atoms with E-state index in [1.54, 1.807) is 40.7 Å². The number of carbonyl (C=O) groups is 1. The normalized spacial score (nSPS) is 13.5. The third-order valence-corrected chi connectivity index (χ3v) is 3.46. The predicted octanol–water partition coefficient (Wildman–Crippen LogP) is 5.24.